The molecule has 1 atom stereocenters. The molecule has 0 radical (unpaired) electrons. The van der Waals surface area contributed by atoms with Gasteiger partial charge in [-0.05, 0) is 44.9 Å². The van der Waals surface area contributed by atoms with Gasteiger partial charge in [-0.25, -0.2) is 0 Å². The molecule has 7 nitrogen and oxygen atoms in total. The molecule has 1 saturated heterocycles. The fourth-order valence-electron chi connectivity index (χ4n) is 3.43. The van der Waals surface area contributed by atoms with Gasteiger partial charge in [-0.1, -0.05) is 5.16 Å². The van der Waals surface area contributed by atoms with E-state index < -0.39 is 0 Å². The molecule has 4 heterocycles. The summed E-state index contributed by atoms with van der Waals surface area (Å²) in [6, 6.07) is 7.43. The SMILES string of the molecule is Cc1cc(C)n([C@@H]2CCCN(C(=O)c3cc(-c4ccco4)on3)C2)n1. The summed E-state index contributed by atoms with van der Waals surface area (Å²) >= 11 is 0. The van der Waals surface area contributed by atoms with E-state index in [9.17, 15) is 4.79 Å². The summed E-state index contributed by atoms with van der Waals surface area (Å²) in [5.74, 6) is 0.902. The molecule has 0 aromatic carbocycles. The van der Waals surface area contributed by atoms with Gasteiger partial charge in [-0.15, -0.1) is 0 Å². The van der Waals surface area contributed by atoms with E-state index in [2.05, 4.69) is 16.3 Å². The molecule has 0 aliphatic carbocycles. The van der Waals surface area contributed by atoms with E-state index in [0.717, 1.165) is 30.8 Å². The van der Waals surface area contributed by atoms with Crippen molar-refractivity contribution in [2.75, 3.05) is 13.1 Å². The van der Waals surface area contributed by atoms with E-state index in [1.165, 1.54) is 0 Å². The third-order valence-corrected chi connectivity index (χ3v) is 4.57. The molecule has 0 saturated carbocycles. The maximum absolute atomic E-state index is 12.8. The van der Waals surface area contributed by atoms with Gasteiger partial charge in [0.15, 0.2) is 11.5 Å². The highest BCUT2D eigenvalue weighted by Gasteiger charge is 2.28. The maximum atomic E-state index is 12.8. The van der Waals surface area contributed by atoms with Crippen LogP contribution >= 0.6 is 0 Å². The van der Waals surface area contributed by atoms with Gasteiger partial charge in [-0.2, -0.15) is 5.10 Å². The summed E-state index contributed by atoms with van der Waals surface area (Å²) in [5, 5.41) is 8.49. The Kier molecular flexibility index (Phi) is 3.91. The van der Waals surface area contributed by atoms with Crippen molar-refractivity contribution in [2.24, 2.45) is 0 Å². The van der Waals surface area contributed by atoms with Gasteiger partial charge in [0, 0.05) is 24.8 Å². The second-order valence-electron chi connectivity index (χ2n) is 6.47. The monoisotopic (exact) mass is 340 g/mol. The predicted molar refractivity (Wildman–Crippen MR) is 90.1 cm³/mol. The first-order valence-electron chi connectivity index (χ1n) is 8.44. The summed E-state index contributed by atoms with van der Waals surface area (Å²) in [5.41, 5.74) is 2.43. The number of hydrogen-bond donors (Lipinski definition) is 0. The highest BCUT2D eigenvalue weighted by molar-refractivity contribution is 5.93. The zero-order chi connectivity index (χ0) is 17.4. The average Bonchev–Trinajstić information content (AvgIpc) is 3.34. The van der Waals surface area contributed by atoms with Crippen LogP contribution in [0.2, 0.25) is 0 Å². The lowest BCUT2D eigenvalue weighted by Crippen LogP contribution is -2.41. The third kappa shape index (κ3) is 2.97. The quantitative estimate of drug-likeness (QED) is 0.731. The Morgan fingerprint density at radius 1 is 1.28 bits per heavy atom. The number of rotatable bonds is 3. The summed E-state index contributed by atoms with van der Waals surface area (Å²) in [7, 11) is 0. The van der Waals surface area contributed by atoms with E-state index in [-0.39, 0.29) is 11.9 Å². The lowest BCUT2D eigenvalue weighted by atomic mass is 10.1. The summed E-state index contributed by atoms with van der Waals surface area (Å²) in [6.45, 7) is 5.39. The van der Waals surface area contributed by atoms with Crippen LogP contribution in [0, 0.1) is 13.8 Å². The van der Waals surface area contributed by atoms with Crippen LogP contribution in [0.5, 0.6) is 0 Å². The molecule has 3 aromatic heterocycles. The van der Waals surface area contributed by atoms with E-state index in [4.69, 9.17) is 8.94 Å². The van der Waals surface area contributed by atoms with Crippen molar-refractivity contribution in [1.82, 2.24) is 19.8 Å². The van der Waals surface area contributed by atoms with Crippen molar-refractivity contribution in [1.29, 1.82) is 0 Å². The number of carbonyl (C=O) groups is 1. The number of amides is 1. The molecule has 3 aromatic rings. The fourth-order valence-corrected chi connectivity index (χ4v) is 3.43. The number of carbonyl (C=O) groups excluding carboxylic acids is 1. The lowest BCUT2D eigenvalue weighted by Gasteiger charge is -2.32. The highest BCUT2D eigenvalue weighted by Crippen LogP contribution is 2.25. The zero-order valence-electron chi connectivity index (χ0n) is 14.3. The second kappa shape index (κ2) is 6.23. The summed E-state index contributed by atoms with van der Waals surface area (Å²) in [6.07, 6.45) is 3.52. The fraction of sp³-hybridized carbons (Fsp3) is 0.389. The number of likely N-dealkylation sites (tertiary alicyclic amines) is 1. The van der Waals surface area contributed by atoms with E-state index in [1.807, 2.05) is 23.4 Å². The molecule has 0 bridgehead atoms. The molecule has 0 unspecified atom stereocenters. The molecule has 130 valence electrons. The van der Waals surface area contributed by atoms with Crippen LogP contribution < -0.4 is 0 Å². The Labute approximate surface area is 145 Å². The molecule has 1 aliphatic heterocycles. The van der Waals surface area contributed by atoms with Crippen molar-refractivity contribution >= 4 is 5.91 Å². The molecular weight excluding hydrogens is 320 g/mol. The Balaban J connectivity index is 1.51. The van der Waals surface area contributed by atoms with Crippen molar-refractivity contribution in [3.63, 3.8) is 0 Å². The van der Waals surface area contributed by atoms with Crippen LogP contribution in [0.1, 0.15) is 40.8 Å². The third-order valence-electron chi connectivity index (χ3n) is 4.57. The number of piperidine rings is 1. The van der Waals surface area contributed by atoms with Gasteiger partial charge < -0.3 is 13.8 Å². The van der Waals surface area contributed by atoms with Crippen LogP contribution in [-0.4, -0.2) is 38.8 Å². The Bertz CT molecular complexity index is 878. The van der Waals surface area contributed by atoms with Gasteiger partial charge in [0.2, 0.25) is 5.76 Å². The lowest BCUT2D eigenvalue weighted by molar-refractivity contribution is 0.0661. The summed E-state index contributed by atoms with van der Waals surface area (Å²) < 4.78 is 12.6. The Morgan fingerprint density at radius 3 is 2.88 bits per heavy atom. The first-order chi connectivity index (χ1) is 12.1. The van der Waals surface area contributed by atoms with Gasteiger partial charge in [0.25, 0.3) is 5.91 Å². The van der Waals surface area contributed by atoms with Crippen molar-refractivity contribution in [3.8, 4) is 11.5 Å². The molecule has 0 N–H and O–H groups in total. The Morgan fingerprint density at radius 2 is 2.16 bits per heavy atom. The molecular formula is C18H20N4O3. The second-order valence-corrected chi connectivity index (χ2v) is 6.47. The van der Waals surface area contributed by atoms with Crippen LogP contribution in [0.25, 0.3) is 11.5 Å². The van der Waals surface area contributed by atoms with Crippen LogP contribution in [0.15, 0.2) is 39.5 Å². The van der Waals surface area contributed by atoms with Crippen molar-refractivity contribution < 1.29 is 13.7 Å². The topological polar surface area (TPSA) is 77.3 Å². The van der Waals surface area contributed by atoms with Crippen LogP contribution in [-0.2, 0) is 0 Å². The molecule has 7 heteroatoms. The van der Waals surface area contributed by atoms with Gasteiger partial charge in [-0.3, -0.25) is 9.48 Å². The molecule has 0 spiro atoms. The highest BCUT2D eigenvalue weighted by atomic mass is 16.5. The smallest absolute Gasteiger partial charge is 0.276 e. The first kappa shape index (κ1) is 15.7. The van der Waals surface area contributed by atoms with Gasteiger partial charge >= 0.3 is 0 Å². The van der Waals surface area contributed by atoms with E-state index >= 15 is 0 Å². The standard InChI is InChI=1S/C18H20N4O3/c1-12-9-13(2)22(19-12)14-5-3-7-21(11-14)18(23)15-10-17(25-20-15)16-6-4-8-24-16/h4,6,8-10,14H,3,5,7,11H2,1-2H3/t14-/m1/s1. The molecule has 1 fully saturated rings. The molecule has 1 aliphatic rings. The normalized spacial score (nSPS) is 17.8. The number of aryl methyl sites for hydroxylation is 2. The summed E-state index contributed by atoms with van der Waals surface area (Å²) in [4.78, 5) is 14.6. The van der Waals surface area contributed by atoms with E-state index in [0.29, 0.717) is 23.8 Å². The minimum Gasteiger partial charge on any atom is -0.461 e. The van der Waals surface area contributed by atoms with Crippen LogP contribution in [0.4, 0.5) is 0 Å². The number of aromatic nitrogens is 3. The molecule has 25 heavy (non-hydrogen) atoms. The van der Waals surface area contributed by atoms with Gasteiger partial charge in [0.05, 0.1) is 18.0 Å². The first-order valence-corrected chi connectivity index (χ1v) is 8.44. The number of hydrogen-bond acceptors (Lipinski definition) is 5. The minimum absolute atomic E-state index is 0.118. The largest absolute Gasteiger partial charge is 0.461 e. The van der Waals surface area contributed by atoms with Crippen molar-refractivity contribution in [3.05, 3.63) is 47.6 Å². The maximum Gasteiger partial charge on any atom is 0.276 e. The average molecular weight is 340 g/mol. The van der Waals surface area contributed by atoms with Crippen LogP contribution in [0.3, 0.4) is 0 Å². The predicted octanol–water partition coefficient (Wildman–Crippen LogP) is 3.23. The molecule has 1 amide bonds. The number of furan rings is 1. The number of nitrogens with zero attached hydrogens (tertiary/aromatic N) is 4. The minimum atomic E-state index is -0.118. The zero-order valence-corrected chi connectivity index (χ0v) is 14.3. The molecule has 4 rings (SSSR count). The van der Waals surface area contributed by atoms with Crippen molar-refractivity contribution in [2.45, 2.75) is 32.7 Å². The van der Waals surface area contributed by atoms with E-state index in [1.54, 1.807) is 24.5 Å². The van der Waals surface area contributed by atoms with Gasteiger partial charge in [0.1, 0.15) is 0 Å². The Hall–Kier alpha value is -2.83.